The summed E-state index contributed by atoms with van der Waals surface area (Å²) in [4.78, 5) is 0. The van der Waals surface area contributed by atoms with Crippen LogP contribution < -0.4 is 10.5 Å². The summed E-state index contributed by atoms with van der Waals surface area (Å²) in [6, 6.07) is 9.14. The van der Waals surface area contributed by atoms with Gasteiger partial charge in [0.15, 0.2) is 0 Å². The number of nitrogens with zero attached hydrogens (tertiary/aromatic N) is 1. The maximum atomic E-state index is 8.66. The predicted molar refractivity (Wildman–Crippen MR) is 45.7 cm³/mol. The molecule has 0 atom stereocenters. The van der Waals surface area contributed by atoms with E-state index >= 15 is 0 Å². The van der Waals surface area contributed by atoms with E-state index in [2.05, 4.69) is 0 Å². The molecule has 62 valence electrons. The van der Waals surface area contributed by atoms with Crippen molar-refractivity contribution in [2.75, 3.05) is 13.2 Å². The van der Waals surface area contributed by atoms with Crippen LogP contribution in [0.3, 0.4) is 0 Å². The van der Waals surface area contributed by atoms with Gasteiger partial charge in [-0.25, -0.2) is 0 Å². The van der Waals surface area contributed by atoms with E-state index in [4.69, 9.17) is 15.7 Å². The largest absolute Gasteiger partial charge is 0.491 e. The number of nitrogens with two attached hydrogens (primary N) is 1. The molecule has 1 rings (SSSR count). The van der Waals surface area contributed by atoms with Crippen LogP contribution in [-0.4, -0.2) is 13.2 Å². The Labute approximate surface area is 71.4 Å². The van der Waals surface area contributed by atoms with Crippen molar-refractivity contribution < 1.29 is 4.74 Å². The van der Waals surface area contributed by atoms with Crippen molar-refractivity contribution in [3.8, 4) is 11.8 Å². The molecule has 3 heteroatoms. The molecule has 0 aliphatic heterocycles. The molecule has 0 aliphatic rings. The van der Waals surface area contributed by atoms with E-state index in [-0.39, 0.29) is 0 Å². The molecule has 0 aliphatic carbocycles. The Morgan fingerprint density at radius 3 is 2.83 bits per heavy atom. The molecular weight excluding hydrogens is 152 g/mol. The van der Waals surface area contributed by atoms with Gasteiger partial charge in [-0.1, -0.05) is 12.1 Å². The van der Waals surface area contributed by atoms with E-state index in [1.165, 1.54) is 0 Å². The lowest BCUT2D eigenvalue weighted by Gasteiger charge is -2.04. The molecule has 0 bridgehead atoms. The number of ether oxygens (including phenoxy) is 1. The smallest absolute Gasteiger partial charge is 0.137 e. The minimum Gasteiger partial charge on any atom is -0.491 e. The summed E-state index contributed by atoms with van der Waals surface area (Å²) in [5, 5.41) is 8.66. The zero-order valence-corrected chi connectivity index (χ0v) is 6.66. The van der Waals surface area contributed by atoms with Crippen LogP contribution in [0.4, 0.5) is 0 Å². The molecule has 1 aromatic carbocycles. The van der Waals surface area contributed by atoms with E-state index in [0.29, 0.717) is 24.5 Å². The van der Waals surface area contributed by atoms with Crippen molar-refractivity contribution in [1.82, 2.24) is 0 Å². The fourth-order valence-corrected chi connectivity index (χ4v) is 0.854. The summed E-state index contributed by atoms with van der Waals surface area (Å²) in [5.74, 6) is 0.602. The highest BCUT2D eigenvalue weighted by Gasteiger charge is 1.99. The molecule has 0 radical (unpaired) electrons. The second-order valence-electron chi connectivity index (χ2n) is 2.25. The van der Waals surface area contributed by atoms with Crippen molar-refractivity contribution in [1.29, 1.82) is 5.26 Å². The molecule has 0 saturated carbocycles. The summed E-state index contributed by atoms with van der Waals surface area (Å²) < 4.78 is 5.23. The third-order valence-corrected chi connectivity index (χ3v) is 1.38. The molecule has 12 heavy (non-hydrogen) atoms. The van der Waals surface area contributed by atoms with Crippen LogP contribution in [0.1, 0.15) is 5.56 Å². The average molecular weight is 162 g/mol. The topological polar surface area (TPSA) is 59.0 Å². The third kappa shape index (κ3) is 1.97. The Bertz CT molecular complexity index is 291. The zero-order chi connectivity index (χ0) is 8.81. The van der Waals surface area contributed by atoms with Crippen LogP contribution in [0.5, 0.6) is 5.75 Å². The molecule has 0 amide bonds. The van der Waals surface area contributed by atoms with Gasteiger partial charge in [0.25, 0.3) is 0 Å². The summed E-state index contributed by atoms with van der Waals surface area (Å²) in [7, 11) is 0. The van der Waals surface area contributed by atoms with Crippen molar-refractivity contribution in [3.05, 3.63) is 29.8 Å². The van der Waals surface area contributed by atoms with Gasteiger partial charge >= 0.3 is 0 Å². The number of hydrogen-bond acceptors (Lipinski definition) is 3. The van der Waals surface area contributed by atoms with E-state index in [1.807, 2.05) is 12.1 Å². The minimum absolute atomic E-state index is 0.443. The first-order valence-electron chi connectivity index (χ1n) is 3.70. The van der Waals surface area contributed by atoms with E-state index in [0.717, 1.165) is 0 Å². The molecule has 3 nitrogen and oxygen atoms in total. The zero-order valence-electron chi connectivity index (χ0n) is 6.66. The molecule has 0 aromatic heterocycles. The highest BCUT2D eigenvalue weighted by atomic mass is 16.5. The van der Waals surface area contributed by atoms with Crippen LogP contribution in [0.2, 0.25) is 0 Å². The van der Waals surface area contributed by atoms with Crippen molar-refractivity contribution in [3.63, 3.8) is 0 Å². The van der Waals surface area contributed by atoms with Crippen molar-refractivity contribution in [2.45, 2.75) is 0 Å². The molecule has 0 spiro atoms. The highest BCUT2D eigenvalue weighted by molar-refractivity contribution is 5.42. The number of hydrogen-bond donors (Lipinski definition) is 1. The Hall–Kier alpha value is -1.53. The van der Waals surface area contributed by atoms with Gasteiger partial charge in [0.05, 0.1) is 5.56 Å². The second kappa shape index (κ2) is 4.37. The summed E-state index contributed by atoms with van der Waals surface area (Å²) in [6.07, 6.45) is 0. The molecule has 2 N–H and O–H groups in total. The van der Waals surface area contributed by atoms with Crippen LogP contribution in [0, 0.1) is 11.3 Å². The summed E-state index contributed by atoms with van der Waals surface area (Å²) in [6.45, 7) is 0.901. The lowest BCUT2D eigenvalue weighted by Crippen LogP contribution is -2.11. The standard InChI is InChI=1S/C9H10N2O/c10-5-6-12-9-4-2-1-3-8(9)7-11/h1-4H,5-6,10H2. The SMILES string of the molecule is N#Cc1ccccc1OCCN. The Morgan fingerprint density at radius 2 is 2.17 bits per heavy atom. The quantitative estimate of drug-likeness (QED) is 0.718. The van der Waals surface area contributed by atoms with Gasteiger partial charge in [0, 0.05) is 6.54 Å². The highest BCUT2D eigenvalue weighted by Crippen LogP contribution is 2.15. The molecule has 1 aromatic rings. The van der Waals surface area contributed by atoms with Gasteiger partial charge in [0.2, 0.25) is 0 Å². The fourth-order valence-electron chi connectivity index (χ4n) is 0.854. The normalized spacial score (nSPS) is 9.00. The van der Waals surface area contributed by atoms with Gasteiger partial charge in [-0.3, -0.25) is 0 Å². The minimum atomic E-state index is 0.443. The van der Waals surface area contributed by atoms with Crippen LogP contribution in [0.15, 0.2) is 24.3 Å². The third-order valence-electron chi connectivity index (χ3n) is 1.38. The van der Waals surface area contributed by atoms with Gasteiger partial charge in [-0.15, -0.1) is 0 Å². The maximum absolute atomic E-state index is 8.66. The first-order valence-corrected chi connectivity index (χ1v) is 3.70. The molecule has 0 fully saturated rings. The number of para-hydroxylation sites is 1. The number of nitriles is 1. The molecule has 0 heterocycles. The molecule has 0 saturated heterocycles. The second-order valence-corrected chi connectivity index (χ2v) is 2.25. The lowest BCUT2D eigenvalue weighted by atomic mass is 10.2. The van der Waals surface area contributed by atoms with Gasteiger partial charge in [-0.2, -0.15) is 5.26 Å². The average Bonchev–Trinajstić information content (AvgIpc) is 2.15. The monoisotopic (exact) mass is 162 g/mol. The maximum Gasteiger partial charge on any atom is 0.137 e. The Kier molecular flexibility index (Phi) is 3.12. The Balaban J connectivity index is 2.77. The first-order chi connectivity index (χ1) is 5.88. The Morgan fingerprint density at radius 1 is 1.42 bits per heavy atom. The lowest BCUT2D eigenvalue weighted by molar-refractivity contribution is 0.327. The number of rotatable bonds is 3. The van der Waals surface area contributed by atoms with Crippen LogP contribution in [-0.2, 0) is 0 Å². The summed E-state index contributed by atoms with van der Waals surface area (Å²) in [5.41, 5.74) is 5.81. The van der Waals surface area contributed by atoms with E-state index in [9.17, 15) is 0 Å². The number of benzene rings is 1. The molecular formula is C9H10N2O. The van der Waals surface area contributed by atoms with Crippen molar-refractivity contribution >= 4 is 0 Å². The fraction of sp³-hybridized carbons (Fsp3) is 0.222. The van der Waals surface area contributed by atoms with E-state index in [1.54, 1.807) is 18.2 Å². The van der Waals surface area contributed by atoms with Crippen LogP contribution >= 0.6 is 0 Å². The predicted octanol–water partition coefficient (Wildman–Crippen LogP) is 0.896. The van der Waals surface area contributed by atoms with Gasteiger partial charge in [-0.05, 0) is 12.1 Å². The van der Waals surface area contributed by atoms with Gasteiger partial charge < -0.3 is 10.5 Å². The van der Waals surface area contributed by atoms with Gasteiger partial charge in [0.1, 0.15) is 18.4 Å². The first kappa shape index (κ1) is 8.57. The summed E-state index contributed by atoms with van der Waals surface area (Å²) >= 11 is 0. The van der Waals surface area contributed by atoms with Crippen molar-refractivity contribution in [2.24, 2.45) is 5.73 Å². The molecule has 0 unspecified atom stereocenters. The van der Waals surface area contributed by atoms with Crippen LogP contribution in [0.25, 0.3) is 0 Å². The van der Waals surface area contributed by atoms with E-state index < -0.39 is 0 Å².